The summed E-state index contributed by atoms with van der Waals surface area (Å²) in [4.78, 5) is 25.1. The summed E-state index contributed by atoms with van der Waals surface area (Å²) in [6, 6.07) is 10.4. The summed E-state index contributed by atoms with van der Waals surface area (Å²) in [5.74, 6) is 0.738. The van der Waals surface area contributed by atoms with Crippen molar-refractivity contribution in [3.8, 4) is 0 Å². The number of benzene rings is 1. The third-order valence-corrected chi connectivity index (χ3v) is 4.83. The zero-order valence-corrected chi connectivity index (χ0v) is 13.6. The van der Waals surface area contributed by atoms with Crippen LogP contribution in [-0.4, -0.2) is 47.1 Å². The largest absolute Gasteiger partial charge is 0.337 e. The Kier molecular flexibility index (Phi) is 4.02. The molecule has 2 aliphatic rings. The SMILES string of the molecule is O=C(N[C@H]1CCc2ccccc21)N1CCN(c2ncccn2)CC1. The number of nitrogens with zero attached hydrogens (tertiary/aromatic N) is 4. The average molecular weight is 323 g/mol. The lowest BCUT2D eigenvalue weighted by Gasteiger charge is -2.35. The van der Waals surface area contributed by atoms with Gasteiger partial charge in [-0.3, -0.25) is 0 Å². The monoisotopic (exact) mass is 323 g/mol. The molecule has 24 heavy (non-hydrogen) atoms. The van der Waals surface area contributed by atoms with Crippen molar-refractivity contribution in [2.24, 2.45) is 0 Å². The van der Waals surface area contributed by atoms with E-state index in [0.29, 0.717) is 13.1 Å². The maximum Gasteiger partial charge on any atom is 0.318 e. The Bertz CT molecular complexity index is 712. The number of urea groups is 1. The van der Waals surface area contributed by atoms with Gasteiger partial charge in [0.1, 0.15) is 0 Å². The molecule has 2 heterocycles. The van der Waals surface area contributed by atoms with Crippen LogP contribution in [0.4, 0.5) is 10.7 Å². The van der Waals surface area contributed by atoms with E-state index in [-0.39, 0.29) is 12.1 Å². The highest BCUT2D eigenvalue weighted by Crippen LogP contribution is 2.30. The summed E-state index contributed by atoms with van der Waals surface area (Å²) in [5, 5.41) is 3.20. The van der Waals surface area contributed by atoms with Gasteiger partial charge in [0.05, 0.1) is 6.04 Å². The lowest BCUT2D eigenvalue weighted by Crippen LogP contribution is -2.52. The number of aryl methyl sites for hydroxylation is 1. The second kappa shape index (κ2) is 6.47. The average Bonchev–Trinajstić information content (AvgIpc) is 3.06. The van der Waals surface area contributed by atoms with E-state index in [9.17, 15) is 4.79 Å². The number of anilines is 1. The number of hydrogen-bond donors (Lipinski definition) is 1. The van der Waals surface area contributed by atoms with Gasteiger partial charge in [0.15, 0.2) is 0 Å². The number of hydrogen-bond acceptors (Lipinski definition) is 4. The molecule has 2 aromatic rings. The lowest BCUT2D eigenvalue weighted by atomic mass is 10.1. The molecular formula is C18H21N5O. The molecule has 0 radical (unpaired) electrons. The minimum absolute atomic E-state index is 0.0327. The Morgan fingerprint density at radius 1 is 1.04 bits per heavy atom. The number of carbonyl (C=O) groups is 1. The zero-order valence-electron chi connectivity index (χ0n) is 13.6. The smallest absolute Gasteiger partial charge is 0.318 e. The highest BCUT2D eigenvalue weighted by Gasteiger charge is 2.27. The molecule has 0 spiro atoms. The van der Waals surface area contributed by atoms with Crippen LogP contribution < -0.4 is 10.2 Å². The summed E-state index contributed by atoms with van der Waals surface area (Å²) in [6.07, 6.45) is 5.53. The maximum absolute atomic E-state index is 12.6. The molecule has 0 unspecified atom stereocenters. The van der Waals surface area contributed by atoms with Gasteiger partial charge in [-0.2, -0.15) is 0 Å². The number of carbonyl (C=O) groups excluding carboxylic acids is 1. The molecule has 1 aliphatic carbocycles. The molecule has 4 rings (SSSR count). The van der Waals surface area contributed by atoms with E-state index in [0.717, 1.165) is 31.9 Å². The topological polar surface area (TPSA) is 61.4 Å². The van der Waals surface area contributed by atoms with Crippen LogP contribution in [0.2, 0.25) is 0 Å². The van der Waals surface area contributed by atoms with Crippen molar-refractivity contribution in [3.63, 3.8) is 0 Å². The van der Waals surface area contributed by atoms with Crippen LogP contribution >= 0.6 is 0 Å². The Morgan fingerprint density at radius 3 is 2.58 bits per heavy atom. The summed E-state index contributed by atoms with van der Waals surface area (Å²) in [6.45, 7) is 2.91. The minimum Gasteiger partial charge on any atom is -0.337 e. The highest BCUT2D eigenvalue weighted by atomic mass is 16.2. The molecule has 1 N–H and O–H groups in total. The number of nitrogens with one attached hydrogen (secondary N) is 1. The first kappa shape index (κ1) is 14.9. The zero-order chi connectivity index (χ0) is 16.4. The van der Waals surface area contributed by atoms with Gasteiger partial charge in [0.2, 0.25) is 5.95 Å². The van der Waals surface area contributed by atoms with Gasteiger partial charge in [0.25, 0.3) is 0 Å². The van der Waals surface area contributed by atoms with Crippen LogP contribution in [0.1, 0.15) is 23.6 Å². The fourth-order valence-electron chi connectivity index (χ4n) is 3.51. The summed E-state index contributed by atoms with van der Waals surface area (Å²) >= 11 is 0. The van der Waals surface area contributed by atoms with Crippen molar-refractivity contribution < 1.29 is 4.79 Å². The maximum atomic E-state index is 12.6. The summed E-state index contributed by atoms with van der Waals surface area (Å²) in [5.41, 5.74) is 2.62. The third-order valence-electron chi connectivity index (χ3n) is 4.83. The fourth-order valence-corrected chi connectivity index (χ4v) is 3.51. The van der Waals surface area contributed by atoms with Crippen molar-refractivity contribution in [2.75, 3.05) is 31.1 Å². The Morgan fingerprint density at radius 2 is 1.79 bits per heavy atom. The molecule has 2 amide bonds. The third kappa shape index (κ3) is 2.91. The lowest BCUT2D eigenvalue weighted by molar-refractivity contribution is 0.190. The van der Waals surface area contributed by atoms with Crippen molar-refractivity contribution in [1.82, 2.24) is 20.2 Å². The van der Waals surface area contributed by atoms with E-state index >= 15 is 0 Å². The molecule has 1 fully saturated rings. The van der Waals surface area contributed by atoms with Crippen LogP contribution in [0, 0.1) is 0 Å². The molecule has 1 aromatic heterocycles. The van der Waals surface area contributed by atoms with E-state index in [1.165, 1.54) is 11.1 Å². The van der Waals surface area contributed by atoms with Crippen LogP contribution in [0.15, 0.2) is 42.7 Å². The number of rotatable bonds is 2. The first-order valence-corrected chi connectivity index (χ1v) is 8.46. The Balaban J connectivity index is 1.34. The predicted molar refractivity (Wildman–Crippen MR) is 91.9 cm³/mol. The molecule has 6 heteroatoms. The Labute approximate surface area is 141 Å². The van der Waals surface area contributed by atoms with Crippen LogP contribution in [0.3, 0.4) is 0 Å². The van der Waals surface area contributed by atoms with Crippen LogP contribution in [0.5, 0.6) is 0 Å². The number of fused-ring (bicyclic) bond motifs is 1. The van der Waals surface area contributed by atoms with Gasteiger partial charge in [-0.1, -0.05) is 24.3 Å². The minimum atomic E-state index is 0.0327. The molecule has 124 valence electrons. The molecule has 6 nitrogen and oxygen atoms in total. The van der Waals surface area contributed by atoms with E-state index < -0.39 is 0 Å². The molecule has 1 atom stereocenters. The standard InChI is InChI=1S/C18H21N5O/c24-18(21-16-7-6-14-4-1-2-5-15(14)16)23-12-10-22(11-13-23)17-19-8-3-9-20-17/h1-5,8-9,16H,6-7,10-13H2,(H,21,24)/t16-/m0/s1. The van der Waals surface area contributed by atoms with Gasteiger partial charge < -0.3 is 15.1 Å². The van der Waals surface area contributed by atoms with Gasteiger partial charge in [0, 0.05) is 38.6 Å². The quantitative estimate of drug-likeness (QED) is 0.918. The van der Waals surface area contributed by atoms with Crippen LogP contribution in [-0.2, 0) is 6.42 Å². The molecule has 1 aromatic carbocycles. The van der Waals surface area contributed by atoms with Gasteiger partial charge in [-0.15, -0.1) is 0 Å². The van der Waals surface area contributed by atoms with Crippen molar-refractivity contribution in [3.05, 3.63) is 53.9 Å². The second-order valence-electron chi connectivity index (χ2n) is 6.26. The second-order valence-corrected chi connectivity index (χ2v) is 6.26. The van der Waals surface area contributed by atoms with Crippen molar-refractivity contribution in [1.29, 1.82) is 0 Å². The summed E-state index contributed by atoms with van der Waals surface area (Å²) in [7, 11) is 0. The Hall–Kier alpha value is -2.63. The highest BCUT2D eigenvalue weighted by molar-refractivity contribution is 5.75. The number of amides is 2. The molecule has 1 aliphatic heterocycles. The normalized spacial score (nSPS) is 19.9. The van der Waals surface area contributed by atoms with E-state index in [1.54, 1.807) is 12.4 Å². The van der Waals surface area contributed by atoms with E-state index in [2.05, 4.69) is 38.4 Å². The van der Waals surface area contributed by atoms with Gasteiger partial charge >= 0.3 is 6.03 Å². The first-order valence-electron chi connectivity index (χ1n) is 8.46. The van der Waals surface area contributed by atoms with E-state index in [1.807, 2.05) is 17.0 Å². The van der Waals surface area contributed by atoms with Crippen molar-refractivity contribution in [2.45, 2.75) is 18.9 Å². The van der Waals surface area contributed by atoms with E-state index in [4.69, 9.17) is 0 Å². The first-order chi connectivity index (χ1) is 11.8. The summed E-state index contributed by atoms with van der Waals surface area (Å²) < 4.78 is 0. The van der Waals surface area contributed by atoms with Crippen LogP contribution in [0.25, 0.3) is 0 Å². The predicted octanol–water partition coefficient (Wildman–Crippen LogP) is 2.00. The van der Waals surface area contributed by atoms with Gasteiger partial charge in [-0.25, -0.2) is 14.8 Å². The molecular weight excluding hydrogens is 302 g/mol. The fraction of sp³-hybridized carbons (Fsp3) is 0.389. The number of piperazine rings is 1. The molecule has 1 saturated heterocycles. The molecule has 0 saturated carbocycles. The number of aromatic nitrogens is 2. The molecule has 0 bridgehead atoms. The van der Waals surface area contributed by atoms with Crippen molar-refractivity contribution >= 4 is 12.0 Å². The van der Waals surface area contributed by atoms with Gasteiger partial charge in [-0.05, 0) is 30.0 Å².